The van der Waals surface area contributed by atoms with Gasteiger partial charge in [-0.1, -0.05) is 98.8 Å². The van der Waals surface area contributed by atoms with Gasteiger partial charge in [-0.15, -0.1) is 0 Å². The Morgan fingerprint density at radius 3 is 2.31 bits per heavy atom. The van der Waals surface area contributed by atoms with E-state index < -0.39 is 0 Å². The van der Waals surface area contributed by atoms with Gasteiger partial charge in [0.15, 0.2) is 0 Å². The smallest absolute Gasteiger partial charge is 0.251 e. The van der Waals surface area contributed by atoms with Gasteiger partial charge in [0.05, 0.1) is 6.61 Å². The Kier molecular flexibility index (Phi) is 9.39. The summed E-state index contributed by atoms with van der Waals surface area (Å²) in [5, 5.41) is 3.29. The lowest BCUT2D eigenvalue weighted by molar-refractivity contribution is 0.0918. The summed E-state index contributed by atoms with van der Waals surface area (Å²) in [5.41, 5.74) is 3.51. The normalized spacial score (nSPS) is 17.8. The molecule has 0 bridgehead atoms. The zero-order valence-corrected chi connectivity index (χ0v) is 21.0. The van der Waals surface area contributed by atoms with Gasteiger partial charge in [-0.2, -0.15) is 0 Å². The molecule has 0 aromatic heterocycles. The number of benzene rings is 3. The second kappa shape index (κ2) is 13.1. The Bertz CT molecular complexity index is 994. The molecule has 1 N–H and O–H groups in total. The van der Waals surface area contributed by atoms with Crippen LogP contribution in [0.5, 0.6) is 5.75 Å². The van der Waals surface area contributed by atoms with Crippen molar-refractivity contribution < 1.29 is 9.53 Å². The van der Waals surface area contributed by atoms with Crippen LogP contribution in [0.2, 0.25) is 0 Å². The van der Waals surface area contributed by atoms with Crippen molar-refractivity contribution in [3.63, 3.8) is 0 Å². The molecule has 3 heteroatoms. The minimum Gasteiger partial charge on any atom is -0.494 e. The van der Waals surface area contributed by atoms with Crippen molar-refractivity contribution in [1.29, 1.82) is 0 Å². The van der Waals surface area contributed by atoms with Gasteiger partial charge in [0, 0.05) is 17.5 Å². The van der Waals surface area contributed by atoms with Gasteiger partial charge in [-0.3, -0.25) is 4.79 Å². The summed E-state index contributed by atoms with van der Waals surface area (Å²) in [6.07, 6.45) is 9.57. The number of amides is 1. The molecule has 3 aromatic carbocycles. The van der Waals surface area contributed by atoms with E-state index >= 15 is 0 Å². The first-order valence-electron chi connectivity index (χ1n) is 13.4. The Hall–Kier alpha value is -3.07. The number of hydrogen-bond donors (Lipinski definition) is 1. The molecule has 184 valence electrons. The Labute approximate surface area is 210 Å². The number of hydrogen-bond acceptors (Lipinski definition) is 2. The third-order valence-corrected chi connectivity index (χ3v) is 7.28. The molecule has 4 rings (SSSR count). The van der Waals surface area contributed by atoms with Gasteiger partial charge in [0.1, 0.15) is 5.75 Å². The predicted molar refractivity (Wildman–Crippen MR) is 144 cm³/mol. The van der Waals surface area contributed by atoms with Gasteiger partial charge >= 0.3 is 0 Å². The van der Waals surface area contributed by atoms with Gasteiger partial charge in [0.2, 0.25) is 0 Å². The Morgan fingerprint density at radius 1 is 0.914 bits per heavy atom. The average molecular weight is 470 g/mol. The fraction of sp³-hybridized carbons (Fsp3) is 0.406. The largest absolute Gasteiger partial charge is 0.494 e. The van der Waals surface area contributed by atoms with Crippen LogP contribution >= 0.6 is 0 Å². The molecule has 3 aromatic rings. The van der Waals surface area contributed by atoms with E-state index in [1.807, 2.05) is 31.2 Å². The maximum Gasteiger partial charge on any atom is 0.251 e. The summed E-state index contributed by atoms with van der Waals surface area (Å²) in [7, 11) is 0. The number of carbonyl (C=O) groups excluding carboxylic acids is 1. The summed E-state index contributed by atoms with van der Waals surface area (Å²) < 4.78 is 5.55. The second-order valence-corrected chi connectivity index (χ2v) is 9.82. The lowest BCUT2D eigenvalue weighted by Gasteiger charge is -2.30. The Balaban J connectivity index is 1.25. The van der Waals surface area contributed by atoms with Crippen LogP contribution in [0, 0.1) is 5.92 Å². The molecule has 0 aliphatic heterocycles. The summed E-state index contributed by atoms with van der Waals surface area (Å²) in [6, 6.07) is 29.6. The van der Waals surface area contributed by atoms with E-state index in [0.717, 1.165) is 18.6 Å². The molecule has 0 spiro atoms. The highest BCUT2D eigenvalue weighted by molar-refractivity contribution is 5.94. The van der Waals surface area contributed by atoms with Crippen LogP contribution in [0.25, 0.3) is 0 Å². The SMILES string of the molecule is CCOc1cccc(C(=O)NC2CCCC(CCCCC(c3ccccc3)c3ccccc3)C2)c1. The van der Waals surface area contributed by atoms with Crippen molar-refractivity contribution in [1.82, 2.24) is 5.32 Å². The zero-order chi connectivity index (χ0) is 24.3. The van der Waals surface area contributed by atoms with Crippen LogP contribution in [-0.4, -0.2) is 18.6 Å². The maximum atomic E-state index is 12.8. The first kappa shape index (κ1) is 25.0. The molecule has 2 atom stereocenters. The van der Waals surface area contributed by atoms with Gasteiger partial charge in [-0.25, -0.2) is 0 Å². The second-order valence-electron chi connectivity index (χ2n) is 9.82. The third kappa shape index (κ3) is 7.45. The number of ether oxygens (including phenoxy) is 1. The Morgan fingerprint density at radius 2 is 1.63 bits per heavy atom. The van der Waals surface area contributed by atoms with Crippen molar-refractivity contribution in [2.75, 3.05) is 6.61 Å². The number of unbranched alkanes of at least 4 members (excludes halogenated alkanes) is 1. The van der Waals surface area contributed by atoms with Gasteiger partial charge in [-0.05, 0) is 61.4 Å². The highest BCUT2D eigenvalue weighted by atomic mass is 16.5. The minimum atomic E-state index is 0.0192. The molecule has 1 fully saturated rings. The van der Waals surface area contributed by atoms with E-state index in [9.17, 15) is 4.79 Å². The topological polar surface area (TPSA) is 38.3 Å². The quantitative estimate of drug-likeness (QED) is 0.291. The molecule has 1 amide bonds. The monoisotopic (exact) mass is 469 g/mol. The minimum absolute atomic E-state index is 0.0192. The third-order valence-electron chi connectivity index (χ3n) is 7.28. The number of nitrogens with one attached hydrogen (secondary N) is 1. The molecule has 0 heterocycles. The number of rotatable bonds is 11. The van der Waals surface area contributed by atoms with E-state index in [1.54, 1.807) is 0 Å². The highest BCUT2D eigenvalue weighted by Crippen LogP contribution is 2.32. The van der Waals surface area contributed by atoms with E-state index in [0.29, 0.717) is 24.0 Å². The van der Waals surface area contributed by atoms with E-state index in [-0.39, 0.29) is 11.9 Å². The summed E-state index contributed by atoms with van der Waals surface area (Å²) in [5.74, 6) is 1.94. The van der Waals surface area contributed by atoms with Crippen molar-refractivity contribution in [3.05, 3.63) is 102 Å². The molecule has 1 aliphatic rings. The first-order chi connectivity index (χ1) is 17.2. The van der Waals surface area contributed by atoms with Crippen LogP contribution < -0.4 is 10.1 Å². The van der Waals surface area contributed by atoms with Crippen LogP contribution in [0.4, 0.5) is 0 Å². The molecule has 2 unspecified atom stereocenters. The van der Waals surface area contributed by atoms with Crippen LogP contribution in [0.3, 0.4) is 0 Å². The molecular formula is C32H39NO2. The molecular weight excluding hydrogens is 430 g/mol. The van der Waals surface area contributed by atoms with Crippen LogP contribution in [0.1, 0.15) is 85.7 Å². The fourth-order valence-corrected chi connectivity index (χ4v) is 5.52. The van der Waals surface area contributed by atoms with E-state index in [1.165, 1.54) is 49.7 Å². The van der Waals surface area contributed by atoms with Gasteiger partial charge < -0.3 is 10.1 Å². The lowest BCUT2D eigenvalue weighted by atomic mass is 9.81. The van der Waals surface area contributed by atoms with Crippen molar-refractivity contribution in [3.8, 4) is 5.75 Å². The van der Waals surface area contributed by atoms with Crippen molar-refractivity contribution in [2.24, 2.45) is 5.92 Å². The standard InChI is InChI=1S/C32H39NO2/c1-2-35-30-21-12-19-28(24-30)32(34)33-29-20-11-14-25(23-29)13-9-10-22-31(26-15-5-3-6-16-26)27-17-7-4-8-18-27/h3-8,12,15-19,21,24-25,29,31H,2,9-11,13-14,20,22-23H2,1H3,(H,33,34). The van der Waals surface area contributed by atoms with Crippen molar-refractivity contribution in [2.45, 2.75) is 70.3 Å². The van der Waals surface area contributed by atoms with Gasteiger partial charge in [0.25, 0.3) is 5.91 Å². The van der Waals surface area contributed by atoms with Crippen molar-refractivity contribution >= 4 is 5.91 Å². The molecule has 1 aliphatic carbocycles. The molecule has 0 radical (unpaired) electrons. The highest BCUT2D eigenvalue weighted by Gasteiger charge is 2.24. The fourth-order valence-electron chi connectivity index (χ4n) is 5.52. The number of carbonyl (C=O) groups is 1. The molecule has 3 nitrogen and oxygen atoms in total. The average Bonchev–Trinajstić information content (AvgIpc) is 2.90. The summed E-state index contributed by atoms with van der Waals surface area (Å²) in [6.45, 7) is 2.56. The van der Waals surface area contributed by atoms with E-state index in [2.05, 4.69) is 66.0 Å². The predicted octanol–water partition coefficient (Wildman–Crippen LogP) is 7.77. The van der Waals surface area contributed by atoms with Crippen LogP contribution in [-0.2, 0) is 0 Å². The summed E-state index contributed by atoms with van der Waals surface area (Å²) >= 11 is 0. The zero-order valence-electron chi connectivity index (χ0n) is 21.0. The molecule has 1 saturated carbocycles. The van der Waals surface area contributed by atoms with Crippen LogP contribution in [0.15, 0.2) is 84.9 Å². The first-order valence-corrected chi connectivity index (χ1v) is 13.4. The maximum absolute atomic E-state index is 12.8. The molecule has 0 saturated heterocycles. The van der Waals surface area contributed by atoms with E-state index in [4.69, 9.17) is 4.74 Å². The molecule has 35 heavy (non-hydrogen) atoms. The lowest BCUT2D eigenvalue weighted by Crippen LogP contribution is -2.38. The summed E-state index contributed by atoms with van der Waals surface area (Å²) in [4.78, 5) is 12.8.